The van der Waals surface area contributed by atoms with E-state index in [0.29, 0.717) is 11.8 Å². The van der Waals surface area contributed by atoms with E-state index in [-0.39, 0.29) is 6.10 Å². The van der Waals surface area contributed by atoms with E-state index < -0.39 is 23.5 Å². The minimum atomic E-state index is -1.05. The highest BCUT2D eigenvalue weighted by atomic mass is 16.6. The summed E-state index contributed by atoms with van der Waals surface area (Å²) in [4.78, 5) is 23.5. The first-order chi connectivity index (χ1) is 10.7. The maximum Gasteiger partial charge on any atom is 0.408 e. The molecule has 0 aromatic rings. The quantitative estimate of drug-likeness (QED) is 0.694. The number of rotatable bonds is 7. The second-order valence-electron chi connectivity index (χ2n) is 7.50. The topological polar surface area (TPSA) is 75.6 Å². The lowest BCUT2D eigenvalue weighted by Gasteiger charge is -2.29. The molecule has 1 saturated carbocycles. The highest BCUT2D eigenvalue weighted by Gasteiger charge is 2.38. The summed E-state index contributed by atoms with van der Waals surface area (Å²) in [6, 6.07) is -0.968. The van der Waals surface area contributed by atoms with Gasteiger partial charge in [0.05, 0.1) is 0 Å². The van der Waals surface area contributed by atoms with Crippen molar-refractivity contribution in [3.63, 3.8) is 0 Å². The van der Waals surface area contributed by atoms with E-state index in [1.165, 1.54) is 0 Å². The molecule has 132 valence electrons. The standard InChI is InChI=1S/C18H31NO4/c1-6-8-9-13-12(7-2)10-11-14(13)23-17(22)19-15(16(20)21)18(3,4)5/h6,12-15H,1,7-11H2,2-5H3,(H,19,22)(H,20,21)/t12-,13+,14+,15+/m0/s1. The number of hydrogen-bond donors (Lipinski definition) is 2. The number of carbonyl (C=O) groups is 2. The first-order valence-electron chi connectivity index (χ1n) is 8.51. The molecule has 5 nitrogen and oxygen atoms in total. The Kier molecular flexibility index (Phi) is 7.10. The molecule has 0 saturated heterocycles. The fourth-order valence-electron chi connectivity index (χ4n) is 3.43. The summed E-state index contributed by atoms with van der Waals surface area (Å²) in [5, 5.41) is 11.8. The molecule has 0 aromatic carbocycles. The van der Waals surface area contributed by atoms with Gasteiger partial charge in [-0.2, -0.15) is 0 Å². The number of amides is 1. The predicted molar refractivity (Wildman–Crippen MR) is 90.2 cm³/mol. The van der Waals surface area contributed by atoms with Crippen molar-refractivity contribution in [3.05, 3.63) is 12.7 Å². The van der Waals surface area contributed by atoms with Crippen molar-refractivity contribution >= 4 is 12.1 Å². The van der Waals surface area contributed by atoms with Crippen LogP contribution in [0.3, 0.4) is 0 Å². The number of carboxylic acid groups (broad SMARTS) is 1. The summed E-state index contributed by atoms with van der Waals surface area (Å²) < 4.78 is 5.58. The Hall–Kier alpha value is -1.52. The van der Waals surface area contributed by atoms with E-state index in [1.54, 1.807) is 20.8 Å². The molecule has 1 aliphatic carbocycles. The molecule has 1 fully saturated rings. The van der Waals surface area contributed by atoms with E-state index in [4.69, 9.17) is 4.74 Å². The first kappa shape index (κ1) is 19.5. The van der Waals surface area contributed by atoms with Crippen LogP contribution in [0, 0.1) is 17.3 Å². The summed E-state index contributed by atoms with van der Waals surface area (Å²) in [5.41, 5.74) is -0.575. The second kappa shape index (κ2) is 8.37. The number of carboxylic acids is 1. The van der Waals surface area contributed by atoms with E-state index in [9.17, 15) is 14.7 Å². The van der Waals surface area contributed by atoms with Crippen LogP contribution in [0.2, 0.25) is 0 Å². The number of nitrogens with one attached hydrogen (secondary N) is 1. The van der Waals surface area contributed by atoms with Gasteiger partial charge < -0.3 is 15.2 Å². The van der Waals surface area contributed by atoms with Crippen LogP contribution in [0.25, 0.3) is 0 Å². The van der Waals surface area contributed by atoms with Gasteiger partial charge in [-0.25, -0.2) is 9.59 Å². The average Bonchev–Trinajstić information content (AvgIpc) is 2.82. The van der Waals surface area contributed by atoms with Crippen LogP contribution in [-0.4, -0.2) is 29.3 Å². The van der Waals surface area contributed by atoms with Gasteiger partial charge in [0.25, 0.3) is 0 Å². The molecule has 0 unspecified atom stereocenters. The van der Waals surface area contributed by atoms with E-state index in [1.807, 2.05) is 6.08 Å². The molecule has 0 spiro atoms. The molecular formula is C18H31NO4. The number of hydrogen-bond acceptors (Lipinski definition) is 3. The van der Waals surface area contributed by atoms with E-state index in [2.05, 4.69) is 18.8 Å². The number of ether oxygens (including phenoxy) is 1. The summed E-state index contributed by atoms with van der Waals surface area (Å²) in [5.74, 6) is -0.150. The molecule has 0 radical (unpaired) electrons. The van der Waals surface area contributed by atoms with Crippen molar-refractivity contribution in [1.29, 1.82) is 0 Å². The van der Waals surface area contributed by atoms with Crippen LogP contribution in [0.1, 0.15) is 59.8 Å². The summed E-state index contributed by atoms with van der Waals surface area (Å²) in [7, 11) is 0. The largest absolute Gasteiger partial charge is 0.480 e. The van der Waals surface area contributed by atoms with Crippen LogP contribution >= 0.6 is 0 Å². The van der Waals surface area contributed by atoms with Gasteiger partial charge >= 0.3 is 12.1 Å². The predicted octanol–water partition coefficient (Wildman–Crippen LogP) is 3.98. The highest BCUT2D eigenvalue weighted by molar-refractivity contribution is 5.80. The van der Waals surface area contributed by atoms with Crippen LogP contribution in [0.5, 0.6) is 0 Å². The zero-order valence-electron chi connectivity index (χ0n) is 14.8. The molecular weight excluding hydrogens is 294 g/mol. The Balaban J connectivity index is 2.67. The van der Waals surface area contributed by atoms with Crippen LogP contribution in [0.15, 0.2) is 12.7 Å². The maximum atomic E-state index is 12.2. The molecule has 0 aromatic heterocycles. The average molecular weight is 325 g/mol. The van der Waals surface area contributed by atoms with Crippen LogP contribution < -0.4 is 5.32 Å². The zero-order chi connectivity index (χ0) is 17.6. The SMILES string of the molecule is C=CCC[C@@H]1[C@@H](CC)CC[C@H]1OC(=O)N[C@H](C(=O)O)C(C)(C)C. The molecule has 1 amide bonds. The van der Waals surface area contributed by atoms with Gasteiger partial charge in [0.2, 0.25) is 0 Å². The summed E-state index contributed by atoms with van der Waals surface area (Å²) >= 11 is 0. The normalized spacial score (nSPS) is 25.7. The molecule has 0 bridgehead atoms. The van der Waals surface area contributed by atoms with Crippen molar-refractivity contribution in [1.82, 2.24) is 5.32 Å². The zero-order valence-corrected chi connectivity index (χ0v) is 14.8. The Morgan fingerprint density at radius 1 is 1.39 bits per heavy atom. The van der Waals surface area contributed by atoms with Gasteiger partial charge in [0.1, 0.15) is 12.1 Å². The van der Waals surface area contributed by atoms with Crippen LogP contribution in [-0.2, 0) is 9.53 Å². The van der Waals surface area contributed by atoms with Crippen molar-refractivity contribution in [2.45, 2.75) is 71.9 Å². The first-order valence-corrected chi connectivity index (χ1v) is 8.51. The van der Waals surface area contributed by atoms with Gasteiger partial charge in [-0.1, -0.05) is 40.2 Å². The van der Waals surface area contributed by atoms with Gasteiger partial charge in [0.15, 0.2) is 0 Å². The Morgan fingerprint density at radius 3 is 2.52 bits per heavy atom. The second-order valence-corrected chi connectivity index (χ2v) is 7.50. The molecule has 2 N–H and O–H groups in total. The van der Waals surface area contributed by atoms with Gasteiger partial charge in [0, 0.05) is 0 Å². The highest BCUT2D eigenvalue weighted by Crippen LogP contribution is 2.39. The third-order valence-corrected chi connectivity index (χ3v) is 4.77. The number of allylic oxidation sites excluding steroid dienone is 1. The molecule has 0 aliphatic heterocycles. The Morgan fingerprint density at radius 2 is 2.04 bits per heavy atom. The molecule has 0 heterocycles. The summed E-state index contributed by atoms with van der Waals surface area (Å²) in [6.45, 7) is 11.3. The van der Waals surface area contributed by atoms with Crippen LogP contribution in [0.4, 0.5) is 4.79 Å². The molecule has 1 rings (SSSR count). The fraction of sp³-hybridized carbons (Fsp3) is 0.778. The third kappa shape index (κ3) is 5.56. The van der Waals surface area contributed by atoms with E-state index in [0.717, 1.165) is 32.1 Å². The van der Waals surface area contributed by atoms with Crippen molar-refractivity contribution in [2.75, 3.05) is 0 Å². The van der Waals surface area contributed by atoms with Crippen molar-refractivity contribution in [3.8, 4) is 0 Å². The molecule has 1 aliphatic rings. The molecule has 4 atom stereocenters. The monoisotopic (exact) mass is 325 g/mol. The summed E-state index contributed by atoms with van der Waals surface area (Å²) in [6.07, 6.45) is 5.97. The minimum Gasteiger partial charge on any atom is -0.480 e. The Labute approximate surface area is 139 Å². The van der Waals surface area contributed by atoms with Gasteiger partial charge in [-0.05, 0) is 42.9 Å². The molecule has 23 heavy (non-hydrogen) atoms. The Bertz CT molecular complexity index is 427. The van der Waals surface area contributed by atoms with Gasteiger partial charge in [-0.3, -0.25) is 0 Å². The maximum absolute atomic E-state index is 12.2. The van der Waals surface area contributed by atoms with Crippen molar-refractivity contribution < 1.29 is 19.4 Å². The van der Waals surface area contributed by atoms with E-state index >= 15 is 0 Å². The minimum absolute atomic E-state index is 0.130. The third-order valence-electron chi connectivity index (χ3n) is 4.77. The fourth-order valence-corrected chi connectivity index (χ4v) is 3.43. The molecule has 5 heteroatoms. The lowest BCUT2D eigenvalue weighted by molar-refractivity contribution is -0.142. The van der Waals surface area contributed by atoms with Crippen molar-refractivity contribution in [2.24, 2.45) is 17.3 Å². The van der Waals surface area contributed by atoms with Gasteiger partial charge in [-0.15, -0.1) is 6.58 Å². The number of carbonyl (C=O) groups excluding carboxylic acids is 1. The smallest absolute Gasteiger partial charge is 0.408 e. The lowest BCUT2D eigenvalue weighted by atomic mass is 9.87. The number of alkyl carbamates (subject to hydrolysis) is 1. The number of aliphatic carboxylic acids is 1. The lowest BCUT2D eigenvalue weighted by Crippen LogP contribution is -2.50.